The minimum atomic E-state index is 0.405. The molecule has 0 atom stereocenters. The lowest BCUT2D eigenvalue weighted by atomic mass is 9.99. The molecule has 0 N–H and O–H groups in total. The second-order valence-electron chi connectivity index (χ2n) is 32.2. The maximum absolute atomic E-state index is 7.51. The van der Waals surface area contributed by atoms with Crippen LogP contribution in [0.5, 0.6) is 0 Å². The predicted molar refractivity (Wildman–Crippen MR) is 510 cm³/mol. The van der Waals surface area contributed by atoms with Crippen LogP contribution < -0.4 is 0 Å². The Labute approximate surface area is 710 Å². The Bertz CT molecular complexity index is 9450. The molecule has 10 heterocycles. The maximum Gasteiger partial charge on any atom is 0.170 e. The van der Waals surface area contributed by atoms with Gasteiger partial charge in [-0.15, -0.1) is 22.7 Å². The van der Waals surface area contributed by atoms with Crippen molar-refractivity contribution in [3.05, 3.63) is 352 Å². The molecule has 0 fully saturated rings. The molecule has 124 heavy (non-hydrogen) atoms. The lowest BCUT2D eigenvalue weighted by Crippen LogP contribution is -2.04. The molecule has 0 aliphatic heterocycles. The number of para-hydroxylation sites is 7. The number of fused-ring (bicyclic) bond motifs is 26. The zero-order valence-corrected chi connectivity index (χ0v) is 67.1. The average Bonchev–Trinajstić information content (AvgIpc) is 1.56. The largest absolute Gasteiger partial charge is 0.455 e. The summed E-state index contributed by atoms with van der Waals surface area (Å²) in [6.07, 6.45) is 0. The zero-order valence-electron chi connectivity index (χ0n) is 65.5. The Morgan fingerprint density at radius 2 is 0.573 bits per heavy atom. The Hall–Kier alpha value is -16.3. The third-order valence-electron chi connectivity index (χ3n) is 25.4. The van der Waals surface area contributed by atoms with Gasteiger partial charge in [0.1, 0.15) is 44.7 Å². The summed E-state index contributed by atoms with van der Waals surface area (Å²) in [5.41, 5.74) is 18.2. The van der Waals surface area contributed by atoms with Crippen LogP contribution in [-0.4, -0.2) is 39.0 Å². The Balaban J connectivity index is 0.647. The van der Waals surface area contributed by atoms with Gasteiger partial charge in [0, 0.05) is 116 Å². The van der Waals surface area contributed by atoms with Crippen LogP contribution in [0.15, 0.2) is 370 Å². The quantitative estimate of drug-likeness (QED) is 0.137. The SMILES string of the molecule is c1ccc2cc3c(cc2c1)c1ccccc1n3-c1ccc2c(oc3ccccc32)c1-c1nc(-c2ccc3sc4ccccc4c3c2)nc(-c2ccc3sc4c(-c5ccc6oc7c(-c8nc(-c9cccc%10c9oc9ccccc9%10)nc(-c9cccc%10c9oc9ccccc9%10)n8)c(-n8c9ccccc9c9cc%10ccccc%10cc98)ccc7c6c5)cccc4c3c2)n1. The molecule has 0 aliphatic carbocycles. The van der Waals surface area contributed by atoms with Crippen molar-refractivity contribution in [3.8, 4) is 90.8 Å². The summed E-state index contributed by atoms with van der Waals surface area (Å²) in [5.74, 6) is 2.82. The molecule has 0 radical (unpaired) electrons. The molecule has 0 amide bonds. The summed E-state index contributed by atoms with van der Waals surface area (Å²) in [6, 6.07) is 125. The topological polar surface area (TPSA) is 140 Å². The Kier molecular flexibility index (Phi) is 14.0. The fraction of sp³-hybridized carbons (Fsp3) is 0. The highest BCUT2D eigenvalue weighted by molar-refractivity contribution is 7.26. The Morgan fingerprint density at radius 3 is 1.12 bits per heavy atom. The van der Waals surface area contributed by atoms with Crippen molar-refractivity contribution in [1.29, 1.82) is 0 Å². The Morgan fingerprint density at radius 1 is 0.202 bits per heavy atom. The number of furan rings is 4. The minimum Gasteiger partial charge on any atom is -0.455 e. The molecule has 0 bridgehead atoms. The summed E-state index contributed by atoms with van der Waals surface area (Å²) >= 11 is 3.57. The first kappa shape index (κ1) is 67.6. The molecule has 0 saturated heterocycles. The van der Waals surface area contributed by atoms with Crippen LogP contribution in [0.1, 0.15) is 0 Å². The standard InChI is InChI=1S/C110H58N8O4S2/c1-3-22-61-57-89-80(52-59(61)20-1)67-24-5-11-36-85(67)117(89)87-47-45-75-71-28-9-15-40-93(71)121-102(75)98(87)109-112-105(64-43-50-96-83(55-64)72-29-10-16-41-95(72)123-96)111-106(113-109)65-44-51-97-84(56-65)77-33-17-30-66(104(77)124-97)63-42-49-94-82(54-63)76-46-48-88(118-86-37-12-6-25-68(86)81-53-60-21-2-4-23-62(60)58-90(81)118)99(103(76)122-94)110-115-107(78-34-18-31-73-69-26-7-13-38-91(69)119-100(73)78)114-108(116-110)79-35-19-32-74-70-27-8-14-39-92(70)120-101(74)79/h1-58H. The highest BCUT2D eigenvalue weighted by atomic mass is 32.1. The van der Waals surface area contributed by atoms with Gasteiger partial charge in [-0.1, -0.05) is 206 Å². The third-order valence-corrected chi connectivity index (χ3v) is 27.8. The van der Waals surface area contributed by atoms with E-state index < -0.39 is 0 Å². The molecule has 0 spiro atoms. The summed E-state index contributed by atoms with van der Waals surface area (Å²) in [4.78, 5) is 33.9. The molecule has 574 valence electrons. The van der Waals surface area contributed by atoms with E-state index in [2.05, 4.69) is 300 Å². The minimum absolute atomic E-state index is 0.405. The van der Waals surface area contributed by atoms with E-state index in [1.165, 1.54) is 20.2 Å². The zero-order chi connectivity index (χ0) is 80.7. The highest BCUT2D eigenvalue weighted by Gasteiger charge is 2.31. The van der Waals surface area contributed by atoms with Gasteiger partial charge >= 0.3 is 0 Å². The molecule has 18 aromatic carbocycles. The van der Waals surface area contributed by atoms with Gasteiger partial charge in [0.25, 0.3) is 0 Å². The van der Waals surface area contributed by atoms with Gasteiger partial charge < -0.3 is 26.8 Å². The average molecular weight is 1620 g/mol. The monoisotopic (exact) mass is 1620 g/mol. The van der Waals surface area contributed by atoms with Crippen LogP contribution in [0.4, 0.5) is 0 Å². The maximum atomic E-state index is 7.51. The first-order chi connectivity index (χ1) is 61.4. The van der Waals surface area contributed by atoms with Gasteiger partial charge in [-0.3, -0.25) is 0 Å². The second kappa shape index (κ2) is 25.6. The van der Waals surface area contributed by atoms with Crippen LogP contribution in [0.25, 0.3) is 284 Å². The number of thiophene rings is 2. The second-order valence-corrected chi connectivity index (χ2v) is 34.3. The first-order valence-corrected chi connectivity index (χ1v) is 43.1. The fourth-order valence-corrected chi connectivity index (χ4v) is 22.1. The molecule has 28 rings (SSSR count). The summed E-state index contributed by atoms with van der Waals surface area (Å²) < 4.78 is 37.8. The van der Waals surface area contributed by atoms with Crippen molar-refractivity contribution in [2.45, 2.75) is 0 Å². The van der Waals surface area contributed by atoms with Gasteiger partial charge in [0.05, 0.1) is 55.7 Å². The van der Waals surface area contributed by atoms with Crippen molar-refractivity contribution in [2.24, 2.45) is 0 Å². The van der Waals surface area contributed by atoms with Gasteiger partial charge in [-0.05, 0) is 178 Å². The van der Waals surface area contributed by atoms with Crippen molar-refractivity contribution in [2.75, 3.05) is 0 Å². The van der Waals surface area contributed by atoms with Crippen LogP contribution in [0.2, 0.25) is 0 Å². The lowest BCUT2D eigenvalue weighted by molar-refractivity contribution is 0.668. The summed E-state index contributed by atoms with van der Waals surface area (Å²) in [5, 5.41) is 21.3. The molecule has 0 saturated carbocycles. The molecule has 28 aromatic rings. The lowest BCUT2D eigenvalue weighted by Gasteiger charge is -2.15. The van der Waals surface area contributed by atoms with Gasteiger partial charge in [-0.2, -0.15) is 0 Å². The van der Waals surface area contributed by atoms with E-state index in [1.54, 1.807) is 22.7 Å². The molecule has 14 heteroatoms. The first-order valence-electron chi connectivity index (χ1n) is 41.4. The number of hydrogen-bond acceptors (Lipinski definition) is 12. The third kappa shape index (κ3) is 9.87. The number of aromatic nitrogens is 8. The normalized spacial score (nSPS) is 12.4. The van der Waals surface area contributed by atoms with E-state index in [0.717, 1.165) is 184 Å². The number of rotatable bonds is 9. The summed E-state index contributed by atoms with van der Waals surface area (Å²) in [6.45, 7) is 0. The van der Waals surface area contributed by atoms with E-state index in [0.29, 0.717) is 79.6 Å². The number of benzene rings is 18. The molecule has 0 aliphatic rings. The van der Waals surface area contributed by atoms with Crippen LogP contribution in [0.3, 0.4) is 0 Å². The molecule has 12 nitrogen and oxygen atoms in total. The van der Waals surface area contributed by atoms with E-state index in [4.69, 9.17) is 47.6 Å². The molecular weight excluding hydrogens is 1560 g/mol. The fourth-order valence-electron chi connectivity index (χ4n) is 19.8. The highest BCUT2D eigenvalue weighted by Crippen LogP contribution is 2.51. The molecule has 0 unspecified atom stereocenters. The van der Waals surface area contributed by atoms with E-state index in [9.17, 15) is 0 Å². The van der Waals surface area contributed by atoms with Gasteiger partial charge in [0.15, 0.2) is 34.9 Å². The number of nitrogens with zero attached hydrogens (tertiary/aromatic N) is 8. The smallest absolute Gasteiger partial charge is 0.170 e. The van der Waals surface area contributed by atoms with Gasteiger partial charge in [0.2, 0.25) is 0 Å². The van der Waals surface area contributed by atoms with Crippen molar-refractivity contribution in [3.63, 3.8) is 0 Å². The number of hydrogen-bond donors (Lipinski definition) is 0. The van der Waals surface area contributed by atoms with E-state index in [-0.39, 0.29) is 0 Å². The molecular formula is C110H58N8O4S2. The van der Waals surface area contributed by atoms with Crippen LogP contribution >= 0.6 is 22.7 Å². The van der Waals surface area contributed by atoms with Crippen LogP contribution in [-0.2, 0) is 0 Å². The van der Waals surface area contributed by atoms with Crippen molar-refractivity contribution < 1.29 is 17.7 Å². The van der Waals surface area contributed by atoms with E-state index >= 15 is 0 Å². The summed E-state index contributed by atoms with van der Waals surface area (Å²) in [7, 11) is 0. The van der Waals surface area contributed by atoms with Crippen LogP contribution in [0, 0.1) is 0 Å². The van der Waals surface area contributed by atoms with Crippen molar-refractivity contribution in [1.82, 2.24) is 39.0 Å². The van der Waals surface area contributed by atoms with E-state index in [1.807, 2.05) is 60.7 Å². The van der Waals surface area contributed by atoms with Gasteiger partial charge in [-0.25, -0.2) is 29.9 Å². The predicted octanol–water partition coefficient (Wildman–Crippen LogP) is 30.6. The molecule has 10 aromatic heterocycles. The van der Waals surface area contributed by atoms with Crippen molar-refractivity contribution >= 4 is 216 Å².